The summed E-state index contributed by atoms with van der Waals surface area (Å²) >= 11 is 0. The lowest BCUT2D eigenvalue weighted by Gasteiger charge is -2.15. The number of aromatic nitrogens is 2. The molecule has 0 saturated heterocycles. The van der Waals surface area contributed by atoms with Crippen LogP contribution in [0.2, 0.25) is 0 Å². The summed E-state index contributed by atoms with van der Waals surface area (Å²) in [6.45, 7) is 0.510. The Morgan fingerprint density at radius 2 is 2.21 bits per heavy atom. The second-order valence-corrected chi connectivity index (χ2v) is 3.23. The number of para-hydroxylation sites is 1. The number of nitrogens with two attached hydrogens (primary N) is 1. The van der Waals surface area contributed by atoms with E-state index in [-0.39, 0.29) is 0 Å². The van der Waals surface area contributed by atoms with Gasteiger partial charge in [-0.05, 0) is 12.1 Å². The third-order valence-electron chi connectivity index (χ3n) is 2.31. The molecule has 3 rings (SSSR count). The minimum absolute atomic E-state index is 0.440. The number of H-pyrrole nitrogens is 1. The fraction of sp³-hybridized carbons (Fsp3) is 0.100. The van der Waals surface area contributed by atoms with Gasteiger partial charge < -0.3 is 15.5 Å². The number of anilines is 1. The highest BCUT2D eigenvalue weighted by atomic mass is 16.5. The maximum absolute atomic E-state index is 5.59. The van der Waals surface area contributed by atoms with Crippen LogP contribution in [-0.4, -0.2) is 9.97 Å². The number of hydrogen-bond acceptors (Lipinski definition) is 3. The van der Waals surface area contributed by atoms with Gasteiger partial charge in [-0.2, -0.15) is 0 Å². The van der Waals surface area contributed by atoms with E-state index < -0.39 is 0 Å². The topological polar surface area (TPSA) is 63.9 Å². The molecule has 2 aromatic rings. The van der Waals surface area contributed by atoms with E-state index >= 15 is 0 Å². The lowest BCUT2D eigenvalue weighted by atomic mass is 10.1. The lowest BCUT2D eigenvalue weighted by Crippen LogP contribution is -2.04. The number of aromatic amines is 1. The summed E-state index contributed by atoms with van der Waals surface area (Å²) in [5, 5.41) is 0. The molecule has 0 unspecified atom stereocenters. The highest BCUT2D eigenvalue weighted by Crippen LogP contribution is 2.35. The number of hydrogen-bond donors (Lipinski definition) is 2. The van der Waals surface area contributed by atoms with Gasteiger partial charge in [0.15, 0.2) is 5.95 Å². The zero-order chi connectivity index (χ0) is 9.54. The third-order valence-corrected chi connectivity index (χ3v) is 2.31. The molecule has 4 heteroatoms. The van der Waals surface area contributed by atoms with Crippen LogP contribution in [0.5, 0.6) is 5.75 Å². The predicted molar refractivity (Wildman–Crippen MR) is 52.8 cm³/mol. The van der Waals surface area contributed by atoms with Gasteiger partial charge in [0.2, 0.25) is 0 Å². The Kier molecular flexibility index (Phi) is 1.33. The molecule has 2 heterocycles. The molecule has 70 valence electrons. The molecule has 0 atom stereocenters. The van der Waals surface area contributed by atoms with Crippen LogP contribution in [0.3, 0.4) is 0 Å². The van der Waals surface area contributed by atoms with Crippen molar-refractivity contribution in [1.82, 2.24) is 9.97 Å². The molecule has 0 radical (unpaired) electrons. The largest absolute Gasteiger partial charge is 0.487 e. The van der Waals surface area contributed by atoms with Crippen molar-refractivity contribution in [3.05, 3.63) is 30.0 Å². The first kappa shape index (κ1) is 7.44. The SMILES string of the molecule is Nc1nc2c([nH]1)COc1ccccc1-2. The Bertz CT molecular complexity index is 490. The quantitative estimate of drug-likeness (QED) is 0.657. The minimum Gasteiger partial charge on any atom is -0.487 e. The minimum atomic E-state index is 0.440. The van der Waals surface area contributed by atoms with Gasteiger partial charge in [-0.3, -0.25) is 0 Å². The van der Waals surface area contributed by atoms with Crippen molar-refractivity contribution in [1.29, 1.82) is 0 Å². The van der Waals surface area contributed by atoms with Crippen molar-refractivity contribution in [2.75, 3.05) is 5.73 Å². The number of nitrogen functional groups attached to an aromatic ring is 1. The summed E-state index contributed by atoms with van der Waals surface area (Å²) < 4.78 is 5.54. The molecule has 1 aromatic carbocycles. The lowest BCUT2D eigenvalue weighted by molar-refractivity contribution is 0.298. The van der Waals surface area contributed by atoms with Gasteiger partial charge in [-0.1, -0.05) is 12.1 Å². The number of ether oxygens (including phenoxy) is 1. The van der Waals surface area contributed by atoms with E-state index in [0.717, 1.165) is 22.7 Å². The van der Waals surface area contributed by atoms with Crippen molar-refractivity contribution in [3.63, 3.8) is 0 Å². The van der Waals surface area contributed by atoms with Crippen LogP contribution in [-0.2, 0) is 6.61 Å². The average Bonchev–Trinajstić information content (AvgIpc) is 2.59. The molecule has 1 aromatic heterocycles. The highest BCUT2D eigenvalue weighted by molar-refractivity contribution is 5.71. The molecule has 0 saturated carbocycles. The van der Waals surface area contributed by atoms with Crippen LogP contribution in [0.1, 0.15) is 5.69 Å². The Balaban J connectivity index is 2.28. The van der Waals surface area contributed by atoms with Gasteiger partial charge >= 0.3 is 0 Å². The van der Waals surface area contributed by atoms with Gasteiger partial charge in [0.25, 0.3) is 0 Å². The van der Waals surface area contributed by atoms with E-state index in [1.165, 1.54) is 0 Å². The second-order valence-electron chi connectivity index (χ2n) is 3.23. The number of rotatable bonds is 0. The molecule has 1 aliphatic heterocycles. The molecule has 0 bridgehead atoms. The maximum Gasteiger partial charge on any atom is 0.198 e. The smallest absolute Gasteiger partial charge is 0.198 e. The van der Waals surface area contributed by atoms with Crippen LogP contribution >= 0.6 is 0 Å². The molecule has 0 fully saturated rings. The molecular formula is C10H9N3O. The molecule has 0 spiro atoms. The zero-order valence-electron chi connectivity index (χ0n) is 7.45. The Hall–Kier alpha value is -1.97. The average molecular weight is 187 g/mol. The molecule has 4 nitrogen and oxygen atoms in total. The van der Waals surface area contributed by atoms with E-state index in [1.807, 2.05) is 24.3 Å². The number of imidazole rings is 1. The predicted octanol–water partition coefficient (Wildman–Crippen LogP) is 1.55. The maximum atomic E-state index is 5.59. The van der Waals surface area contributed by atoms with Gasteiger partial charge in [0.1, 0.15) is 18.1 Å². The van der Waals surface area contributed by atoms with Crippen molar-refractivity contribution in [2.45, 2.75) is 6.61 Å². The summed E-state index contributed by atoms with van der Waals surface area (Å²) in [5.74, 6) is 1.31. The second kappa shape index (κ2) is 2.51. The van der Waals surface area contributed by atoms with Crippen molar-refractivity contribution in [3.8, 4) is 17.0 Å². The Morgan fingerprint density at radius 3 is 3.14 bits per heavy atom. The summed E-state index contributed by atoms with van der Waals surface area (Å²) in [6, 6.07) is 7.82. The van der Waals surface area contributed by atoms with Crippen LogP contribution in [0.4, 0.5) is 5.95 Å². The highest BCUT2D eigenvalue weighted by Gasteiger charge is 2.19. The first-order valence-corrected chi connectivity index (χ1v) is 4.41. The van der Waals surface area contributed by atoms with E-state index in [0.29, 0.717) is 12.6 Å². The van der Waals surface area contributed by atoms with Gasteiger partial charge in [0.05, 0.1) is 5.69 Å². The van der Waals surface area contributed by atoms with Gasteiger partial charge in [0, 0.05) is 5.56 Å². The summed E-state index contributed by atoms with van der Waals surface area (Å²) in [6.07, 6.45) is 0. The first-order chi connectivity index (χ1) is 6.84. The van der Waals surface area contributed by atoms with E-state index in [9.17, 15) is 0 Å². The number of nitrogens with one attached hydrogen (secondary N) is 1. The van der Waals surface area contributed by atoms with Crippen molar-refractivity contribution < 1.29 is 4.74 Å². The monoisotopic (exact) mass is 187 g/mol. The molecular weight excluding hydrogens is 178 g/mol. The van der Waals surface area contributed by atoms with Crippen molar-refractivity contribution in [2.24, 2.45) is 0 Å². The molecule has 1 aliphatic rings. The third kappa shape index (κ3) is 0.907. The number of nitrogens with zero attached hydrogens (tertiary/aromatic N) is 1. The number of benzene rings is 1. The standard InChI is InChI=1S/C10H9N3O/c11-10-12-7-5-14-8-4-2-1-3-6(8)9(7)13-10/h1-4H,5H2,(H3,11,12,13). The first-order valence-electron chi connectivity index (χ1n) is 4.41. The molecule has 0 amide bonds. The summed E-state index contributed by atoms with van der Waals surface area (Å²) in [7, 11) is 0. The van der Waals surface area contributed by atoms with Gasteiger partial charge in [-0.15, -0.1) is 0 Å². The summed E-state index contributed by atoms with van der Waals surface area (Å²) in [4.78, 5) is 7.21. The van der Waals surface area contributed by atoms with E-state index in [2.05, 4.69) is 9.97 Å². The van der Waals surface area contributed by atoms with Gasteiger partial charge in [-0.25, -0.2) is 4.98 Å². The fourth-order valence-corrected chi connectivity index (χ4v) is 1.69. The fourth-order valence-electron chi connectivity index (χ4n) is 1.69. The van der Waals surface area contributed by atoms with Crippen molar-refractivity contribution >= 4 is 5.95 Å². The van der Waals surface area contributed by atoms with E-state index in [1.54, 1.807) is 0 Å². The van der Waals surface area contributed by atoms with Crippen LogP contribution < -0.4 is 10.5 Å². The van der Waals surface area contributed by atoms with Crippen LogP contribution in [0.25, 0.3) is 11.3 Å². The number of fused-ring (bicyclic) bond motifs is 3. The Morgan fingerprint density at radius 1 is 1.36 bits per heavy atom. The Labute approximate surface area is 80.7 Å². The molecule has 0 aliphatic carbocycles. The normalized spacial score (nSPS) is 12.9. The van der Waals surface area contributed by atoms with Crippen LogP contribution in [0.15, 0.2) is 24.3 Å². The molecule has 14 heavy (non-hydrogen) atoms. The zero-order valence-corrected chi connectivity index (χ0v) is 7.45. The van der Waals surface area contributed by atoms with Crippen LogP contribution in [0, 0.1) is 0 Å². The molecule has 3 N–H and O–H groups in total. The summed E-state index contributed by atoms with van der Waals surface area (Å²) in [5.41, 5.74) is 8.45. The van der Waals surface area contributed by atoms with E-state index in [4.69, 9.17) is 10.5 Å².